The molecule has 1 fully saturated rings. The van der Waals surface area contributed by atoms with Crippen LogP contribution in [0, 0.1) is 0 Å². The Bertz CT molecular complexity index is 1320. The first-order valence-corrected chi connectivity index (χ1v) is 12.7. The summed E-state index contributed by atoms with van der Waals surface area (Å²) in [6, 6.07) is 7.81. The summed E-state index contributed by atoms with van der Waals surface area (Å²) < 4.78 is 16.3. The fourth-order valence-corrected chi connectivity index (χ4v) is 5.47. The van der Waals surface area contributed by atoms with Crippen LogP contribution in [0.4, 0.5) is 16.2 Å². The number of nitrogens with one attached hydrogen (secondary N) is 1. The van der Waals surface area contributed by atoms with E-state index < -0.39 is 17.8 Å². The summed E-state index contributed by atoms with van der Waals surface area (Å²) >= 11 is 0. The van der Waals surface area contributed by atoms with Crippen LogP contribution < -0.4 is 29.3 Å². The summed E-state index contributed by atoms with van der Waals surface area (Å²) in [6.07, 6.45) is 3.45. The standard InChI is InChI=1S/C29H35N3O6/c1-8-11-31-23-15-24(37-6)18(12-20(23)17(2)16-29(31,3)4)13-21-26(33)30-28(35)32(27(21)34)22-10-9-19(36-5)14-25(22)38-7/h9-10,12-15,17H,8,11,16H2,1-7H3,(H,30,33,35)/b21-13-. The number of rotatable bonds is 7. The predicted molar refractivity (Wildman–Crippen MR) is 146 cm³/mol. The van der Waals surface area contributed by atoms with E-state index in [0.29, 0.717) is 17.1 Å². The van der Waals surface area contributed by atoms with Gasteiger partial charge >= 0.3 is 6.03 Å². The molecule has 4 amide bonds. The van der Waals surface area contributed by atoms with Gasteiger partial charge in [-0.2, -0.15) is 0 Å². The second-order valence-corrected chi connectivity index (χ2v) is 10.2. The molecule has 1 N–H and O–H groups in total. The van der Waals surface area contributed by atoms with Gasteiger partial charge in [0.15, 0.2) is 0 Å². The third-order valence-corrected chi connectivity index (χ3v) is 7.21. The monoisotopic (exact) mass is 521 g/mol. The van der Waals surface area contributed by atoms with Gasteiger partial charge in [0.25, 0.3) is 11.8 Å². The Kier molecular flexibility index (Phi) is 7.40. The molecule has 2 aromatic carbocycles. The molecule has 1 saturated heterocycles. The van der Waals surface area contributed by atoms with E-state index in [-0.39, 0.29) is 28.5 Å². The van der Waals surface area contributed by atoms with Crippen molar-refractivity contribution in [3.8, 4) is 17.2 Å². The Morgan fingerprint density at radius 2 is 1.71 bits per heavy atom. The summed E-state index contributed by atoms with van der Waals surface area (Å²) in [6.45, 7) is 9.73. The van der Waals surface area contributed by atoms with E-state index in [1.807, 2.05) is 12.1 Å². The number of anilines is 2. The normalized spacial score (nSPS) is 19.8. The van der Waals surface area contributed by atoms with E-state index >= 15 is 0 Å². The van der Waals surface area contributed by atoms with Gasteiger partial charge in [0.1, 0.15) is 22.8 Å². The highest BCUT2D eigenvalue weighted by Gasteiger charge is 2.40. The molecular weight excluding hydrogens is 486 g/mol. The second-order valence-electron chi connectivity index (χ2n) is 10.2. The van der Waals surface area contributed by atoms with Crippen LogP contribution in [0.3, 0.4) is 0 Å². The van der Waals surface area contributed by atoms with E-state index in [9.17, 15) is 14.4 Å². The number of methoxy groups -OCH3 is 3. The van der Waals surface area contributed by atoms with Crippen molar-refractivity contribution < 1.29 is 28.6 Å². The molecule has 9 heteroatoms. The molecule has 1 unspecified atom stereocenters. The predicted octanol–water partition coefficient (Wildman–Crippen LogP) is 4.88. The summed E-state index contributed by atoms with van der Waals surface area (Å²) in [5, 5.41) is 2.27. The van der Waals surface area contributed by atoms with Gasteiger partial charge in [-0.25, -0.2) is 9.69 Å². The maximum absolute atomic E-state index is 13.6. The number of carbonyl (C=O) groups excluding carboxylic acids is 3. The molecule has 9 nitrogen and oxygen atoms in total. The molecule has 38 heavy (non-hydrogen) atoms. The molecule has 0 saturated carbocycles. The Labute approximate surface area is 223 Å². The summed E-state index contributed by atoms with van der Waals surface area (Å²) in [5.41, 5.74) is 2.79. The number of urea groups is 1. The second kappa shape index (κ2) is 10.4. The van der Waals surface area contributed by atoms with Crippen LogP contribution in [0.15, 0.2) is 35.9 Å². The zero-order valence-corrected chi connectivity index (χ0v) is 23.0. The third-order valence-electron chi connectivity index (χ3n) is 7.21. The number of nitrogens with zero attached hydrogens (tertiary/aromatic N) is 2. The van der Waals surface area contributed by atoms with E-state index in [0.717, 1.165) is 35.5 Å². The number of hydrogen-bond acceptors (Lipinski definition) is 7. The van der Waals surface area contributed by atoms with E-state index in [4.69, 9.17) is 14.2 Å². The third kappa shape index (κ3) is 4.68. The minimum Gasteiger partial charge on any atom is -0.497 e. The summed E-state index contributed by atoms with van der Waals surface area (Å²) in [5.74, 6) is 0.00646. The molecule has 0 aromatic heterocycles. The van der Waals surface area contributed by atoms with Gasteiger partial charge in [-0.15, -0.1) is 0 Å². The van der Waals surface area contributed by atoms with Crippen LogP contribution in [0.1, 0.15) is 57.6 Å². The van der Waals surface area contributed by atoms with E-state index in [1.165, 1.54) is 26.4 Å². The minimum absolute atomic E-state index is 0.0229. The van der Waals surface area contributed by atoms with Gasteiger partial charge in [-0.1, -0.05) is 13.8 Å². The lowest BCUT2D eigenvalue weighted by Crippen LogP contribution is -2.54. The van der Waals surface area contributed by atoms with Crippen LogP contribution in [0.25, 0.3) is 6.08 Å². The SMILES string of the molecule is CCCN1c2cc(OC)c(/C=C3/C(=O)NC(=O)N(c4ccc(OC)cc4OC)C3=O)cc2C(C)CC1(C)C. The van der Waals surface area contributed by atoms with Crippen molar-refractivity contribution in [3.63, 3.8) is 0 Å². The molecule has 2 heterocycles. The van der Waals surface area contributed by atoms with E-state index in [2.05, 4.69) is 37.9 Å². The minimum atomic E-state index is -0.857. The Hall–Kier alpha value is -4.01. The lowest BCUT2D eigenvalue weighted by Gasteiger charge is -2.48. The van der Waals surface area contributed by atoms with Crippen molar-refractivity contribution in [1.29, 1.82) is 0 Å². The van der Waals surface area contributed by atoms with Gasteiger partial charge in [0.2, 0.25) is 0 Å². The lowest BCUT2D eigenvalue weighted by molar-refractivity contribution is -0.122. The molecule has 0 bridgehead atoms. The van der Waals surface area contributed by atoms with Gasteiger partial charge in [0, 0.05) is 35.5 Å². The molecule has 202 valence electrons. The molecule has 2 aliphatic rings. The molecule has 1 atom stereocenters. The average Bonchev–Trinajstić information content (AvgIpc) is 2.88. The van der Waals surface area contributed by atoms with Crippen molar-refractivity contribution in [2.24, 2.45) is 0 Å². The zero-order chi connectivity index (χ0) is 27.8. The molecular formula is C29H35N3O6. The zero-order valence-electron chi connectivity index (χ0n) is 23.0. The number of hydrogen-bond donors (Lipinski definition) is 1. The number of amides is 4. The Balaban J connectivity index is 1.81. The first kappa shape index (κ1) is 27.0. The van der Waals surface area contributed by atoms with Gasteiger partial charge in [-0.3, -0.25) is 14.9 Å². The van der Waals surface area contributed by atoms with Gasteiger partial charge in [-0.05, 0) is 62.4 Å². The maximum atomic E-state index is 13.6. The average molecular weight is 522 g/mol. The summed E-state index contributed by atoms with van der Waals surface area (Å²) in [7, 11) is 4.49. The highest BCUT2D eigenvalue weighted by Crippen LogP contribution is 2.46. The van der Waals surface area contributed by atoms with Crippen molar-refractivity contribution in [2.45, 2.75) is 52.0 Å². The molecule has 2 aromatic rings. The number of ether oxygens (including phenoxy) is 3. The number of benzene rings is 2. The highest BCUT2D eigenvalue weighted by molar-refractivity contribution is 6.39. The lowest BCUT2D eigenvalue weighted by atomic mass is 9.79. The molecule has 2 aliphatic heterocycles. The van der Waals surface area contributed by atoms with Crippen molar-refractivity contribution >= 4 is 35.3 Å². The fourth-order valence-electron chi connectivity index (χ4n) is 5.47. The van der Waals surface area contributed by atoms with Gasteiger partial charge in [0.05, 0.1) is 27.0 Å². The Morgan fingerprint density at radius 1 is 1.00 bits per heavy atom. The fraction of sp³-hybridized carbons (Fsp3) is 0.414. The van der Waals surface area contributed by atoms with Crippen molar-refractivity contribution in [2.75, 3.05) is 37.7 Å². The van der Waals surface area contributed by atoms with Crippen LogP contribution in [-0.4, -0.2) is 51.3 Å². The first-order valence-electron chi connectivity index (χ1n) is 12.7. The number of carbonyl (C=O) groups is 3. The number of imide groups is 2. The van der Waals surface area contributed by atoms with Crippen molar-refractivity contribution in [1.82, 2.24) is 5.32 Å². The van der Waals surface area contributed by atoms with Crippen LogP contribution in [0.5, 0.6) is 17.2 Å². The largest absolute Gasteiger partial charge is 0.497 e. The molecule has 4 rings (SSSR count). The summed E-state index contributed by atoms with van der Waals surface area (Å²) in [4.78, 5) is 42.5. The van der Waals surface area contributed by atoms with Crippen LogP contribution >= 0.6 is 0 Å². The van der Waals surface area contributed by atoms with Crippen molar-refractivity contribution in [3.05, 3.63) is 47.0 Å². The highest BCUT2D eigenvalue weighted by atomic mass is 16.5. The van der Waals surface area contributed by atoms with Crippen LogP contribution in [-0.2, 0) is 9.59 Å². The molecule has 0 aliphatic carbocycles. The topological polar surface area (TPSA) is 97.4 Å². The van der Waals surface area contributed by atoms with Crippen LogP contribution in [0.2, 0.25) is 0 Å². The number of barbiturate groups is 1. The van der Waals surface area contributed by atoms with E-state index in [1.54, 1.807) is 19.2 Å². The smallest absolute Gasteiger partial charge is 0.336 e. The number of fused-ring (bicyclic) bond motifs is 1. The van der Waals surface area contributed by atoms with Gasteiger partial charge < -0.3 is 19.1 Å². The Morgan fingerprint density at radius 3 is 2.34 bits per heavy atom. The maximum Gasteiger partial charge on any atom is 0.336 e. The quantitative estimate of drug-likeness (QED) is 0.410. The first-order chi connectivity index (χ1) is 18.1. The molecule has 0 radical (unpaired) electrons. The molecule has 0 spiro atoms.